The quantitative estimate of drug-likeness (QED) is 0.804. The van der Waals surface area contributed by atoms with Crippen LogP contribution in [0, 0.1) is 5.82 Å². The highest BCUT2D eigenvalue weighted by Gasteiger charge is 2.13. The van der Waals surface area contributed by atoms with Crippen molar-refractivity contribution in [1.29, 1.82) is 0 Å². The molecule has 6 heteroatoms. The van der Waals surface area contributed by atoms with Gasteiger partial charge in [-0.15, -0.1) is 0 Å². The Labute approximate surface area is 132 Å². The zero-order valence-electron chi connectivity index (χ0n) is 13.0. The molecule has 2 heterocycles. The van der Waals surface area contributed by atoms with E-state index >= 15 is 0 Å². The molecule has 0 bridgehead atoms. The van der Waals surface area contributed by atoms with Gasteiger partial charge in [0, 0.05) is 24.3 Å². The number of pyridine rings is 1. The molecule has 0 radical (unpaired) electrons. The lowest BCUT2D eigenvalue weighted by Crippen LogP contribution is -2.27. The first-order valence-corrected chi connectivity index (χ1v) is 7.41. The van der Waals surface area contributed by atoms with Crippen LogP contribution < -0.4 is 10.9 Å². The van der Waals surface area contributed by atoms with Crippen LogP contribution in [0.4, 0.5) is 10.2 Å². The van der Waals surface area contributed by atoms with Crippen LogP contribution in [0.15, 0.2) is 47.5 Å². The van der Waals surface area contributed by atoms with E-state index in [2.05, 4.69) is 15.3 Å². The summed E-state index contributed by atoms with van der Waals surface area (Å²) in [6, 6.07) is 8.17. The fourth-order valence-corrected chi connectivity index (χ4v) is 2.50. The summed E-state index contributed by atoms with van der Waals surface area (Å²) in [5, 5.41) is 2.95. The van der Waals surface area contributed by atoms with Crippen LogP contribution in [0.25, 0.3) is 11.0 Å². The highest BCUT2D eigenvalue weighted by molar-refractivity contribution is 5.75. The Kier molecular flexibility index (Phi) is 4.06. The third-order valence-electron chi connectivity index (χ3n) is 3.61. The molecule has 0 fully saturated rings. The maximum absolute atomic E-state index is 13.7. The number of anilines is 1. The van der Waals surface area contributed by atoms with Crippen molar-refractivity contribution in [3.05, 3.63) is 64.5 Å². The van der Waals surface area contributed by atoms with Gasteiger partial charge in [-0.1, -0.05) is 18.2 Å². The van der Waals surface area contributed by atoms with Gasteiger partial charge in [0.2, 0.25) is 0 Å². The van der Waals surface area contributed by atoms with E-state index in [4.69, 9.17) is 0 Å². The molecule has 1 N–H and O–H groups in total. The summed E-state index contributed by atoms with van der Waals surface area (Å²) in [5.41, 5.74) is 1.60. The lowest BCUT2D eigenvalue weighted by Gasteiger charge is -2.15. The molecule has 2 aromatic heterocycles. The van der Waals surface area contributed by atoms with E-state index in [1.165, 1.54) is 6.07 Å². The maximum atomic E-state index is 13.7. The summed E-state index contributed by atoms with van der Waals surface area (Å²) in [4.78, 5) is 21.1. The van der Waals surface area contributed by atoms with Gasteiger partial charge in [-0.3, -0.25) is 14.3 Å². The molecule has 5 nitrogen and oxygen atoms in total. The zero-order chi connectivity index (χ0) is 16.4. The number of benzene rings is 1. The van der Waals surface area contributed by atoms with Crippen molar-refractivity contribution in [2.75, 3.05) is 5.32 Å². The Morgan fingerprint density at radius 1 is 1.26 bits per heavy atom. The summed E-state index contributed by atoms with van der Waals surface area (Å²) in [6.07, 6.45) is 3.26. The van der Waals surface area contributed by atoms with Crippen molar-refractivity contribution in [2.45, 2.75) is 26.4 Å². The number of hydrogen-bond donors (Lipinski definition) is 1. The molecule has 0 saturated carbocycles. The molecule has 0 spiro atoms. The summed E-state index contributed by atoms with van der Waals surface area (Å²) in [5.74, 6) is -0.102. The highest BCUT2D eigenvalue weighted by Crippen LogP contribution is 2.15. The molecule has 0 saturated heterocycles. The third kappa shape index (κ3) is 2.92. The normalized spacial score (nSPS) is 11.1. The van der Waals surface area contributed by atoms with Crippen LogP contribution in [0.5, 0.6) is 0 Å². The lowest BCUT2D eigenvalue weighted by atomic mass is 10.2. The van der Waals surface area contributed by atoms with E-state index in [9.17, 15) is 9.18 Å². The molecule has 0 aliphatic heterocycles. The van der Waals surface area contributed by atoms with Gasteiger partial charge in [0.05, 0.1) is 17.2 Å². The van der Waals surface area contributed by atoms with Crippen LogP contribution in [0.1, 0.15) is 25.5 Å². The van der Waals surface area contributed by atoms with Gasteiger partial charge < -0.3 is 5.32 Å². The monoisotopic (exact) mass is 312 g/mol. The summed E-state index contributed by atoms with van der Waals surface area (Å²) >= 11 is 0. The first-order chi connectivity index (χ1) is 11.1. The topological polar surface area (TPSA) is 59.8 Å². The Bertz CT molecular complexity index is 904. The number of aromatic nitrogens is 3. The molecule has 1 aromatic carbocycles. The van der Waals surface area contributed by atoms with Gasteiger partial charge in [0.1, 0.15) is 5.82 Å². The van der Waals surface area contributed by atoms with E-state index < -0.39 is 0 Å². The third-order valence-corrected chi connectivity index (χ3v) is 3.61. The van der Waals surface area contributed by atoms with Crippen LogP contribution >= 0.6 is 0 Å². The Hall–Kier alpha value is -2.76. The summed E-state index contributed by atoms with van der Waals surface area (Å²) in [6.45, 7) is 4.05. The smallest absolute Gasteiger partial charge is 0.294 e. The largest absolute Gasteiger partial charge is 0.361 e. The second kappa shape index (κ2) is 6.16. The Morgan fingerprint density at radius 3 is 2.78 bits per heavy atom. The fraction of sp³-hybridized carbons (Fsp3) is 0.235. The summed E-state index contributed by atoms with van der Waals surface area (Å²) < 4.78 is 15.3. The molecule has 23 heavy (non-hydrogen) atoms. The van der Waals surface area contributed by atoms with Gasteiger partial charge in [-0.2, -0.15) is 0 Å². The first-order valence-electron chi connectivity index (χ1n) is 7.41. The van der Waals surface area contributed by atoms with Crippen molar-refractivity contribution >= 4 is 16.9 Å². The van der Waals surface area contributed by atoms with Gasteiger partial charge in [-0.05, 0) is 26.0 Å². The lowest BCUT2D eigenvalue weighted by molar-refractivity contribution is 0.597. The molecule has 3 rings (SSSR count). The van der Waals surface area contributed by atoms with Crippen molar-refractivity contribution in [3.8, 4) is 0 Å². The molecule has 118 valence electrons. The predicted octanol–water partition coefficient (Wildman–Crippen LogP) is 3.12. The van der Waals surface area contributed by atoms with E-state index in [1.807, 2.05) is 13.8 Å². The molecule has 0 atom stereocenters. The average molecular weight is 312 g/mol. The van der Waals surface area contributed by atoms with Gasteiger partial charge in [0.25, 0.3) is 5.56 Å². The van der Waals surface area contributed by atoms with E-state index in [0.717, 1.165) is 0 Å². The molecule has 0 aliphatic rings. The molecule has 0 unspecified atom stereocenters. The molecular weight excluding hydrogens is 295 g/mol. The van der Waals surface area contributed by atoms with Crippen molar-refractivity contribution in [3.63, 3.8) is 0 Å². The van der Waals surface area contributed by atoms with E-state index in [-0.39, 0.29) is 29.8 Å². The number of fused-ring (bicyclic) bond motifs is 1. The first kappa shape index (κ1) is 15.1. The molecular formula is C17H17FN4O. The van der Waals surface area contributed by atoms with E-state index in [1.54, 1.807) is 41.2 Å². The van der Waals surface area contributed by atoms with Gasteiger partial charge >= 0.3 is 0 Å². The minimum atomic E-state index is -0.311. The number of rotatable bonds is 4. The number of halogens is 1. The van der Waals surface area contributed by atoms with Crippen LogP contribution in [-0.2, 0) is 6.54 Å². The van der Waals surface area contributed by atoms with Crippen LogP contribution in [-0.4, -0.2) is 14.5 Å². The predicted molar refractivity (Wildman–Crippen MR) is 87.9 cm³/mol. The van der Waals surface area contributed by atoms with Crippen molar-refractivity contribution < 1.29 is 4.39 Å². The highest BCUT2D eigenvalue weighted by atomic mass is 19.1. The van der Waals surface area contributed by atoms with Crippen LogP contribution in [0.2, 0.25) is 0 Å². The number of nitrogens with zero attached hydrogens (tertiary/aromatic N) is 3. The zero-order valence-corrected chi connectivity index (χ0v) is 13.0. The number of nitrogens with one attached hydrogen (secondary N) is 1. The average Bonchev–Trinajstić information content (AvgIpc) is 2.54. The minimum absolute atomic E-state index is 0.0359. The minimum Gasteiger partial charge on any atom is -0.361 e. The van der Waals surface area contributed by atoms with Gasteiger partial charge in [-0.25, -0.2) is 9.37 Å². The van der Waals surface area contributed by atoms with Gasteiger partial charge in [0.15, 0.2) is 5.82 Å². The Morgan fingerprint density at radius 2 is 2.04 bits per heavy atom. The van der Waals surface area contributed by atoms with Crippen LogP contribution in [0.3, 0.4) is 0 Å². The standard InChI is InChI=1S/C17H17FN4O/c1-11(2)22-15-10-19-8-7-14(15)21-16(17(22)23)20-9-12-5-3-4-6-13(12)18/h3-8,10-11H,9H2,1-2H3,(H,20,21). The maximum Gasteiger partial charge on any atom is 0.294 e. The SMILES string of the molecule is CC(C)n1c(=O)c(NCc2ccccc2F)nc2ccncc21. The number of hydrogen-bond acceptors (Lipinski definition) is 4. The molecule has 0 aliphatic carbocycles. The second-order valence-electron chi connectivity index (χ2n) is 5.54. The van der Waals surface area contributed by atoms with E-state index in [0.29, 0.717) is 16.6 Å². The molecule has 3 aromatic rings. The second-order valence-corrected chi connectivity index (χ2v) is 5.54. The summed E-state index contributed by atoms with van der Waals surface area (Å²) in [7, 11) is 0. The van der Waals surface area contributed by atoms with Crippen molar-refractivity contribution in [1.82, 2.24) is 14.5 Å². The van der Waals surface area contributed by atoms with Crippen molar-refractivity contribution in [2.24, 2.45) is 0 Å². The Balaban J connectivity index is 2.03. The molecule has 0 amide bonds. The fourth-order valence-electron chi connectivity index (χ4n) is 2.50.